The number of rotatable bonds is 2. The number of carbonyl (C=O) groups excluding carboxylic acids is 1. The van der Waals surface area contributed by atoms with Crippen molar-refractivity contribution in [3.8, 4) is 11.1 Å². The van der Waals surface area contributed by atoms with Gasteiger partial charge in [-0.25, -0.2) is 0 Å². The molecule has 0 spiro atoms. The second-order valence-corrected chi connectivity index (χ2v) is 6.63. The number of hydrogen-bond acceptors (Lipinski definition) is 1. The molecule has 3 aromatic carbocycles. The van der Waals surface area contributed by atoms with Crippen molar-refractivity contribution in [2.75, 3.05) is 13.6 Å². The fourth-order valence-electron chi connectivity index (χ4n) is 3.62. The maximum atomic E-state index is 13.0. The van der Waals surface area contributed by atoms with Crippen LogP contribution >= 0.6 is 0 Å². The maximum Gasteiger partial charge on any atom is 0.234 e. The Balaban J connectivity index is 1.76. The van der Waals surface area contributed by atoms with E-state index in [4.69, 9.17) is 0 Å². The Morgan fingerprint density at radius 3 is 2.20 bits per heavy atom. The lowest BCUT2D eigenvalue weighted by Gasteiger charge is -2.21. The quantitative estimate of drug-likeness (QED) is 0.678. The van der Waals surface area contributed by atoms with E-state index in [9.17, 15) is 4.79 Å². The Hall–Kier alpha value is -2.87. The predicted octanol–water partition coefficient (Wildman–Crippen LogP) is 4.50. The third-order valence-electron chi connectivity index (χ3n) is 5.06. The Morgan fingerprint density at radius 1 is 0.800 bits per heavy atom. The van der Waals surface area contributed by atoms with Crippen LogP contribution in [0, 0.1) is 0 Å². The minimum atomic E-state index is -0.214. The first-order valence-electron chi connectivity index (χ1n) is 8.72. The largest absolute Gasteiger partial charge is 0.345 e. The molecule has 1 aliphatic heterocycles. The molecule has 2 nitrogen and oxygen atoms in total. The molecule has 0 N–H and O–H groups in total. The molecule has 1 atom stereocenters. The van der Waals surface area contributed by atoms with E-state index in [-0.39, 0.29) is 11.8 Å². The molecule has 0 saturated heterocycles. The summed E-state index contributed by atoms with van der Waals surface area (Å²) in [6, 6.07) is 27.1. The van der Waals surface area contributed by atoms with Crippen LogP contribution in [0.2, 0.25) is 0 Å². The lowest BCUT2D eigenvalue weighted by atomic mass is 9.87. The van der Waals surface area contributed by atoms with E-state index in [0.29, 0.717) is 0 Å². The summed E-state index contributed by atoms with van der Waals surface area (Å²) in [5.74, 6) is -0.0362. The van der Waals surface area contributed by atoms with Gasteiger partial charge in [-0.1, -0.05) is 78.9 Å². The molecule has 0 bridgehead atoms. The van der Waals surface area contributed by atoms with Crippen molar-refractivity contribution >= 4 is 5.91 Å². The maximum absolute atomic E-state index is 13.0. The minimum Gasteiger partial charge on any atom is -0.345 e. The van der Waals surface area contributed by atoms with Gasteiger partial charge in [0.25, 0.3) is 0 Å². The Morgan fingerprint density at radius 2 is 1.44 bits per heavy atom. The minimum absolute atomic E-state index is 0.178. The smallest absolute Gasteiger partial charge is 0.234 e. The molecule has 0 fully saturated rings. The fraction of sp³-hybridized carbons (Fsp3) is 0.174. The standard InChI is InChI=1S/C23H21NO/c1-24-16-15-19-9-5-6-10-21(19)22(23(24)25)20-13-11-18(12-14-20)17-7-3-2-4-8-17/h2-14,22H,15-16H2,1H3. The highest BCUT2D eigenvalue weighted by atomic mass is 16.2. The monoisotopic (exact) mass is 327 g/mol. The zero-order valence-electron chi connectivity index (χ0n) is 14.4. The molecule has 1 aliphatic rings. The van der Waals surface area contributed by atoms with Crippen molar-refractivity contribution in [3.05, 3.63) is 95.6 Å². The molecule has 1 amide bonds. The molecule has 4 rings (SSSR count). The summed E-state index contributed by atoms with van der Waals surface area (Å²) in [7, 11) is 1.90. The summed E-state index contributed by atoms with van der Waals surface area (Å²) < 4.78 is 0. The van der Waals surface area contributed by atoms with Crippen molar-refractivity contribution < 1.29 is 4.79 Å². The van der Waals surface area contributed by atoms with Crippen LogP contribution < -0.4 is 0 Å². The summed E-state index contributed by atoms with van der Waals surface area (Å²) >= 11 is 0. The summed E-state index contributed by atoms with van der Waals surface area (Å²) in [6.07, 6.45) is 0.914. The van der Waals surface area contributed by atoms with Gasteiger partial charge in [0.15, 0.2) is 0 Å². The van der Waals surface area contributed by atoms with Gasteiger partial charge in [-0.3, -0.25) is 4.79 Å². The molecule has 2 heteroatoms. The van der Waals surface area contributed by atoms with Crippen LogP contribution in [-0.2, 0) is 11.2 Å². The normalized spacial score (nSPS) is 17.1. The van der Waals surface area contributed by atoms with E-state index in [1.165, 1.54) is 16.7 Å². The van der Waals surface area contributed by atoms with Crippen molar-refractivity contribution in [3.63, 3.8) is 0 Å². The first kappa shape index (κ1) is 15.6. The molecular formula is C23H21NO. The highest BCUT2D eigenvalue weighted by Crippen LogP contribution is 2.33. The van der Waals surface area contributed by atoms with Crippen LogP contribution in [-0.4, -0.2) is 24.4 Å². The second-order valence-electron chi connectivity index (χ2n) is 6.63. The topological polar surface area (TPSA) is 20.3 Å². The molecule has 0 aliphatic carbocycles. The van der Waals surface area contributed by atoms with Gasteiger partial charge in [0, 0.05) is 13.6 Å². The van der Waals surface area contributed by atoms with Gasteiger partial charge in [-0.2, -0.15) is 0 Å². The molecule has 25 heavy (non-hydrogen) atoms. The van der Waals surface area contributed by atoms with E-state index in [0.717, 1.165) is 24.1 Å². The third kappa shape index (κ3) is 2.96. The summed E-state index contributed by atoms with van der Waals surface area (Å²) in [5, 5.41) is 0. The fourth-order valence-corrected chi connectivity index (χ4v) is 3.62. The highest BCUT2D eigenvalue weighted by Gasteiger charge is 2.30. The predicted molar refractivity (Wildman–Crippen MR) is 102 cm³/mol. The lowest BCUT2D eigenvalue weighted by Crippen LogP contribution is -2.31. The van der Waals surface area contributed by atoms with E-state index >= 15 is 0 Å². The van der Waals surface area contributed by atoms with Crippen LogP contribution in [0.5, 0.6) is 0 Å². The van der Waals surface area contributed by atoms with Crippen LogP contribution in [0.3, 0.4) is 0 Å². The van der Waals surface area contributed by atoms with Crippen molar-refractivity contribution in [1.29, 1.82) is 0 Å². The molecular weight excluding hydrogens is 306 g/mol. The first-order valence-corrected chi connectivity index (χ1v) is 8.72. The average molecular weight is 327 g/mol. The van der Waals surface area contributed by atoms with Gasteiger partial charge in [0.2, 0.25) is 5.91 Å². The number of amides is 1. The summed E-state index contributed by atoms with van der Waals surface area (Å²) in [6.45, 7) is 0.772. The van der Waals surface area contributed by atoms with Crippen molar-refractivity contribution in [1.82, 2.24) is 4.90 Å². The van der Waals surface area contributed by atoms with Gasteiger partial charge >= 0.3 is 0 Å². The van der Waals surface area contributed by atoms with E-state index in [2.05, 4.69) is 54.6 Å². The van der Waals surface area contributed by atoms with E-state index < -0.39 is 0 Å². The SMILES string of the molecule is CN1CCc2ccccc2C(c2ccc(-c3ccccc3)cc2)C1=O. The van der Waals surface area contributed by atoms with Gasteiger partial charge < -0.3 is 4.90 Å². The number of hydrogen-bond donors (Lipinski definition) is 0. The van der Waals surface area contributed by atoms with Gasteiger partial charge in [0.1, 0.15) is 0 Å². The lowest BCUT2D eigenvalue weighted by molar-refractivity contribution is -0.130. The zero-order valence-corrected chi connectivity index (χ0v) is 14.4. The number of carbonyl (C=O) groups is 1. The number of nitrogens with zero attached hydrogens (tertiary/aromatic N) is 1. The van der Waals surface area contributed by atoms with Gasteiger partial charge in [-0.05, 0) is 34.2 Å². The molecule has 1 heterocycles. The second kappa shape index (κ2) is 6.56. The molecule has 124 valence electrons. The van der Waals surface area contributed by atoms with Gasteiger partial charge in [-0.15, -0.1) is 0 Å². The number of fused-ring (bicyclic) bond motifs is 1. The van der Waals surface area contributed by atoms with E-state index in [1.807, 2.05) is 36.2 Å². The molecule has 0 radical (unpaired) electrons. The average Bonchev–Trinajstić information content (AvgIpc) is 2.80. The van der Waals surface area contributed by atoms with Crippen LogP contribution in [0.25, 0.3) is 11.1 Å². The highest BCUT2D eigenvalue weighted by molar-refractivity contribution is 5.88. The first-order chi connectivity index (χ1) is 12.2. The number of likely N-dealkylation sites (N-methyl/N-ethyl adjacent to an activating group) is 1. The molecule has 0 saturated carbocycles. The third-order valence-corrected chi connectivity index (χ3v) is 5.06. The van der Waals surface area contributed by atoms with Crippen LogP contribution in [0.1, 0.15) is 22.6 Å². The molecule has 1 unspecified atom stereocenters. The Kier molecular flexibility index (Phi) is 4.10. The molecule has 3 aromatic rings. The van der Waals surface area contributed by atoms with Gasteiger partial charge in [0.05, 0.1) is 5.92 Å². The summed E-state index contributed by atoms with van der Waals surface area (Å²) in [5.41, 5.74) is 5.85. The van der Waals surface area contributed by atoms with Crippen LogP contribution in [0.15, 0.2) is 78.9 Å². The molecule has 0 aromatic heterocycles. The van der Waals surface area contributed by atoms with Crippen molar-refractivity contribution in [2.45, 2.75) is 12.3 Å². The zero-order chi connectivity index (χ0) is 17.2. The van der Waals surface area contributed by atoms with Crippen LogP contribution in [0.4, 0.5) is 0 Å². The van der Waals surface area contributed by atoms with E-state index in [1.54, 1.807) is 0 Å². The summed E-state index contributed by atoms with van der Waals surface area (Å²) in [4.78, 5) is 14.8. The van der Waals surface area contributed by atoms with Crippen molar-refractivity contribution in [2.24, 2.45) is 0 Å². The Bertz CT molecular complexity index is 883. The Labute approximate surface area is 148 Å². The number of benzene rings is 3.